The summed E-state index contributed by atoms with van der Waals surface area (Å²) in [6.07, 6.45) is 5.39. The van der Waals surface area contributed by atoms with Gasteiger partial charge in [0.15, 0.2) is 11.5 Å². The lowest BCUT2D eigenvalue weighted by atomic mass is 10.1. The molecule has 2 aliphatic rings. The molecule has 1 saturated heterocycles. The molecule has 0 aromatic heterocycles. The quantitative estimate of drug-likeness (QED) is 0.700. The van der Waals surface area contributed by atoms with Gasteiger partial charge in [-0.1, -0.05) is 24.6 Å². The highest BCUT2D eigenvalue weighted by Crippen LogP contribution is 2.33. The lowest BCUT2D eigenvalue weighted by Crippen LogP contribution is -2.37. The van der Waals surface area contributed by atoms with Gasteiger partial charge in [-0.15, -0.1) is 0 Å². The number of nitrogens with zero attached hydrogens (tertiary/aromatic N) is 1. The van der Waals surface area contributed by atoms with E-state index in [1.165, 1.54) is 19.3 Å². The van der Waals surface area contributed by atoms with Crippen LogP contribution in [-0.4, -0.2) is 50.0 Å². The molecule has 2 aromatic rings. The number of anilines is 1. The van der Waals surface area contributed by atoms with Gasteiger partial charge in [0.1, 0.15) is 5.75 Å². The normalized spacial score (nSPS) is 17.5. The summed E-state index contributed by atoms with van der Waals surface area (Å²) in [6.45, 7) is 3.66. The molecule has 7 nitrogen and oxygen atoms in total. The second-order valence-electron chi connectivity index (χ2n) is 7.68. The van der Waals surface area contributed by atoms with Crippen molar-refractivity contribution in [1.82, 2.24) is 10.2 Å². The van der Waals surface area contributed by atoms with Gasteiger partial charge in [0.05, 0.1) is 12.8 Å². The van der Waals surface area contributed by atoms with E-state index in [-0.39, 0.29) is 17.6 Å². The molecular formula is C24H27N3O4. The van der Waals surface area contributed by atoms with Crippen LogP contribution in [0, 0.1) is 0 Å². The van der Waals surface area contributed by atoms with Crippen LogP contribution in [0.25, 0.3) is 6.08 Å². The molecule has 0 radical (unpaired) electrons. The van der Waals surface area contributed by atoms with Crippen LogP contribution in [-0.2, 0) is 4.79 Å². The zero-order valence-electron chi connectivity index (χ0n) is 17.6. The molecule has 0 unspecified atom stereocenters. The zero-order valence-corrected chi connectivity index (χ0v) is 17.6. The second-order valence-corrected chi connectivity index (χ2v) is 7.68. The molecule has 0 saturated carbocycles. The molecule has 2 aromatic carbocycles. The minimum Gasteiger partial charge on any atom is -0.496 e. The third-order valence-electron chi connectivity index (χ3n) is 5.52. The lowest BCUT2D eigenvalue weighted by molar-refractivity contribution is -0.115. The molecule has 0 atom stereocenters. The smallest absolute Gasteiger partial charge is 0.291 e. The number of para-hydroxylation sites is 1. The molecule has 162 valence electrons. The first kappa shape index (κ1) is 20.9. The summed E-state index contributed by atoms with van der Waals surface area (Å²) in [6, 6.07) is 12.4. The van der Waals surface area contributed by atoms with E-state index in [2.05, 4.69) is 15.5 Å². The van der Waals surface area contributed by atoms with Gasteiger partial charge in [0.2, 0.25) is 0 Å². The maximum absolute atomic E-state index is 12.5. The van der Waals surface area contributed by atoms with Gasteiger partial charge in [-0.25, -0.2) is 0 Å². The number of carbonyl (C=O) groups is 2. The zero-order chi connectivity index (χ0) is 21.6. The minimum atomic E-state index is -0.374. The minimum absolute atomic E-state index is 0.163. The number of hydrogen-bond acceptors (Lipinski definition) is 5. The Kier molecular flexibility index (Phi) is 6.52. The van der Waals surface area contributed by atoms with Crippen molar-refractivity contribution in [2.75, 3.05) is 38.6 Å². The van der Waals surface area contributed by atoms with Crippen molar-refractivity contribution in [3.05, 3.63) is 59.4 Å². The Morgan fingerprint density at radius 1 is 1.19 bits per heavy atom. The standard InChI is InChI=1S/C24H27N3O4/c1-30-20-8-4-3-7-17(20)16-22-24(29)26-19-15-18(9-10-21(19)31-22)23(28)25-11-14-27-12-5-2-6-13-27/h3-4,7-10,15-16H,2,5-6,11-14H2,1H3,(H,25,28)(H,26,29). The Labute approximate surface area is 182 Å². The van der Waals surface area contributed by atoms with Crippen molar-refractivity contribution >= 4 is 23.6 Å². The molecule has 0 spiro atoms. The number of piperidine rings is 1. The SMILES string of the molecule is COc1ccccc1C=C1Oc2ccc(C(=O)NCCN3CCCCC3)cc2NC1=O. The van der Waals surface area contributed by atoms with E-state index >= 15 is 0 Å². The van der Waals surface area contributed by atoms with E-state index in [1.807, 2.05) is 24.3 Å². The molecule has 0 aliphatic carbocycles. The maximum atomic E-state index is 12.5. The number of carbonyl (C=O) groups excluding carboxylic acids is 2. The summed E-state index contributed by atoms with van der Waals surface area (Å²) >= 11 is 0. The van der Waals surface area contributed by atoms with Crippen LogP contribution in [0.2, 0.25) is 0 Å². The molecule has 31 heavy (non-hydrogen) atoms. The first-order valence-corrected chi connectivity index (χ1v) is 10.6. The summed E-state index contributed by atoms with van der Waals surface area (Å²) in [4.78, 5) is 27.4. The second kappa shape index (κ2) is 9.66. The van der Waals surface area contributed by atoms with E-state index < -0.39 is 0 Å². The largest absolute Gasteiger partial charge is 0.496 e. The first-order valence-electron chi connectivity index (χ1n) is 10.6. The lowest BCUT2D eigenvalue weighted by Gasteiger charge is -2.26. The molecule has 4 rings (SSSR count). The molecule has 2 heterocycles. The number of benzene rings is 2. The highest BCUT2D eigenvalue weighted by Gasteiger charge is 2.23. The number of ether oxygens (including phenoxy) is 2. The highest BCUT2D eigenvalue weighted by atomic mass is 16.5. The summed E-state index contributed by atoms with van der Waals surface area (Å²) in [5.41, 5.74) is 1.70. The van der Waals surface area contributed by atoms with Gasteiger partial charge in [-0.3, -0.25) is 9.59 Å². The third-order valence-corrected chi connectivity index (χ3v) is 5.52. The van der Waals surface area contributed by atoms with Crippen LogP contribution in [0.5, 0.6) is 11.5 Å². The first-order chi connectivity index (χ1) is 15.1. The number of amides is 2. The molecule has 2 N–H and O–H groups in total. The molecule has 7 heteroatoms. The van der Waals surface area contributed by atoms with E-state index in [4.69, 9.17) is 9.47 Å². The van der Waals surface area contributed by atoms with Crippen molar-refractivity contribution in [2.24, 2.45) is 0 Å². The average Bonchev–Trinajstić information content (AvgIpc) is 2.80. The third kappa shape index (κ3) is 5.06. The van der Waals surface area contributed by atoms with Crippen LogP contribution in [0.1, 0.15) is 35.2 Å². The molecule has 1 fully saturated rings. The maximum Gasteiger partial charge on any atom is 0.291 e. The fraction of sp³-hybridized carbons (Fsp3) is 0.333. The van der Waals surface area contributed by atoms with E-state index in [1.54, 1.807) is 31.4 Å². The van der Waals surface area contributed by atoms with Crippen molar-refractivity contribution < 1.29 is 19.1 Å². The van der Waals surface area contributed by atoms with Gasteiger partial charge in [-0.05, 0) is 56.3 Å². The van der Waals surface area contributed by atoms with Crippen molar-refractivity contribution in [1.29, 1.82) is 0 Å². The highest BCUT2D eigenvalue weighted by molar-refractivity contribution is 6.09. The summed E-state index contributed by atoms with van der Waals surface area (Å²) in [5, 5.41) is 5.77. The Bertz CT molecular complexity index is 996. The van der Waals surface area contributed by atoms with E-state index in [0.717, 1.165) is 25.2 Å². The van der Waals surface area contributed by atoms with Gasteiger partial charge in [-0.2, -0.15) is 0 Å². The van der Waals surface area contributed by atoms with Crippen LogP contribution in [0.3, 0.4) is 0 Å². The number of hydrogen-bond donors (Lipinski definition) is 2. The van der Waals surface area contributed by atoms with Crippen molar-refractivity contribution in [3.8, 4) is 11.5 Å². The van der Waals surface area contributed by atoms with Gasteiger partial charge >= 0.3 is 0 Å². The molecule has 2 aliphatic heterocycles. The van der Waals surface area contributed by atoms with Crippen LogP contribution in [0.15, 0.2) is 48.2 Å². The average molecular weight is 421 g/mol. The fourth-order valence-corrected chi connectivity index (χ4v) is 3.84. The molecule has 2 amide bonds. The molecular weight excluding hydrogens is 394 g/mol. The van der Waals surface area contributed by atoms with Crippen LogP contribution >= 0.6 is 0 Å². The van der Waals surface area contributed by atoms with Crippen molar-refractivity contribution in [3.63, 3.8) is 0 Å². The van der Waals surface area contributed by atoms with Crippen LogP contribution in [0.4, 0.5) is 5.69 Å². The number of fused-ring (bicyclic) bond motifs is 1. The Morgan fingerprint density at radius 3 is 2.81 bits per heavy atom. The topological polar surface area (TPSA) is 79.9 Å². The summed E-state index contributed by atoms with van der Waals surface area (Å²) < 4.78 is 11.1. The Balaban J connectivity index is 1.41. The Hall–Kier alpha value is -3.32. The number of rotatable bonds is 6. The predicted octanol–water partition coefficient (Wildman–Crippen LogP) is 3.28. The van der Waals surface area contributed by atoms with Gasteiger partial charge < -0.3 is 25.0 Å². The molecule has 0 bridgehead atoms. The number of methoxy groups -OCH3 is 1. The number of nitrogens with one attached hydrogen (secondary N) is 2. The number of likely N-dealkylation sites (tertiary alicyclic amines) is 1. The summed E-state index contributed by atoms with van der Waals surface area (Å²) in [7, 11) is 1.58. The van der Waals surface area contributed by atoms with E-state index in [0.29, 0.717) is 29.3 Å². The van der Waals surface area contributed by atoms with Gasteiger partial charge in [0.25, 0.3) is 11.8 Å². The monoisotopic (exact) mass is 421 g/mol. The summed E-state index contributed by atoms with van der Waals surface area (Å²) in [5.74, 6) is 0.764. The Morgan fingerprint density at radius 2 is 2.00 bits per heavy atom. The van der Waals surface area contributed by atoms with Crippen molar-refractivity contribution in [2.45, 2.75) is 19.3 Å². The van der Waals surface area contributed by atoms with Crippen LogP contribution < -0.4 is 20.1 Å². The van der Waals surface area contributed by atoms with Gasteiger partial charge in [0, 0.05) is 24.2 Å². The fourth-order valence-electron chi connectivity index (χ4n) is 3.84. The predicted molar refractivity (Wildman–Crippen MR) is 119 cm³/mol. The van der Waals surface area contributed by atoms with E-state index in [9.17, 15) is 9.59 Å².